The van der Waals surface area contributed by atoms with Crippen LogP contribution in [0.1, 0.15) is 22.8 Å². The Morgan fingerprint density at radius 1 is 1.23 bits per heavy atom. The van der Waals surface area contributed by atoms with Crippen LogP contribution in [0, 0.1) is 5.82 Å². The molecular formula is C20H21FN2O3. The fraction of sp³-hybridized carbons (Fsp3) is 0.300. The van der Waals surface area contributed by atoms with Crippen molar-refractivity contribution in [2.45, 2.75) is 19.4 Å². The monoisotopic (exact) mass is 356 g/mol. The Labute approximate surface area is 151 Å². The lowest BCUT2D eigenvalue weighted by Gasteiger charge is -2.33. The number of rotatable bonds is 4. The molecule has 0 bridgehead atoms. The lowest BCUT2D eigenvalue weighted by atomic mass is 10.1. The quantitative estimate of drug-likeness (QED) is 0.916. The third kappa shape index (κ3) is 4.46. The molecule has 2 aromatic carbocycles. The third-order valence-electron chi connectivity index (χ3n) is 4.28. The summed E-state index contributed by atoms with van der Waals surface area (Å²) in [5.41, 5.74) is 1.65. The first-order valence-electron chi connectivity index (χ1n) is 8.56. The van der Waals surface area contributed by atoms with Crippen LogP contribution >= 0.6 is 0 Å². The number of carbonyl (C=O) groups is 2. The molecule has 0 spiro atoms. The van der Waals surface area contributed by atoms with E-state index in [-0.39, 0.29) is 30.1 Å². The Kier molecular flexibility index (Phi) is 5.63. The number of benzene rings is 2. The molecule has 1 N–H and O–H groups in total. The lowest BCUT2D eigenvalue weighted by Crippen LogP contribution is -2.47. The molecule has 2 amide bonds. The number of nitrogens with one attached hydrogen (secondary N) is 1. The van der Waals surface area contributed by atoms with Crippen molar-refractivity contribution in [1.29, 1.82) is 0 Å². The van der Waals surface area contributed by atoms with Crippen LogP contribution in [-0.2, 0) is 16.0 Å². The fourth-order valence-electron chi connectivity index (χ4n) is 2.96. The van der Waals surface area contributed by atoms with Gasteiger partial charge in [-0.2, -0.15) is 0 Å². The average molecular weight is 356 g/mol. The minimum absolute atomic E-state index is 0.0162. The summed E-state index contributed by atoms with van der Waals surface area (Å²) in [5, 5.41) is 2.76. The summed E-state index contributed by atoms with van der Waals surface area (Å²) in [7, 11) is 0. The molecular weight excluding hydrogens is 335 g/mol. The molecule has 2 aromatic rings. The Hall–Kier alpha value is -2.73. The number of nitrogens with zero attached hydrogens (tertiary/aromatic N) is 1. The molecule has 5 nitrogen and oxygen atoms in total. The van der Waals surface area contributed by atoms with E-state index in [0.717, 1.165) is 0 Å². The number of morpholine rings is 1. The Morgan fingerprint density at radius 2 is 2.04 bits per heavy atom. The van der Waals surface area contributed by atoms with Gasteiger partial charge in [0.05, 0.1) is 25.7 Å². The molecule has 6 heteroatoms. The highest BCUT2D eigenvalue weighted by atomic mass is 19.1. The summed E-state index contributed by atoms with van der Waals surface area (Å²) in [4.78, 5) is 26.7. The summed E-state index contributed by atoms with van der Waals surface area (Å²) in [6.45, 7) is 3.55. The van der Waals surface area contributed by atoms with Gasteiger partial charge in [-0.25, -0.2) is 4.39 Å². The van der Waals surface area contributed by atoms with Crippen molar-refractivity contribution in [3.05, 3.63) is 65.5 Å². The molecule has 1 aliphatic rings. The van der Waals surface area contributed by atoms with Gasteiger partial charge in [-0.05, 0) is 42.8 Å². The van der Waals surface area contributed by atoms with E-state index in [1.807, 2.05) is 6.92 Å². The van der Waals surface area contributed by atoms with E-state index in [0.29, 0.717) is 36.6 Å². The summed E-state index contributed by atoms with van der Waals surface area (Å²) in [5.74, 6) is -0.718. The van der Waals surface area contributed by atoms with Gasteiger partial charge in [-0.15, -0.1) is 0 Å². The van der Waals surface area contributed by atoms with Crippen molar-refractivity contribution in [1.82, 2.24) is 4.90 Å². The number of carbonyl (C=O) groups excluding carboxylic acids is 2. The molecule has 1 unspecified atom stereocenters. The zero-order chi connectivity index (χ0) is 18.5. The van der Waals surface area contributed by atoms with Gasteiger partial charge < -0.3 is 15.0 Å². The van der Waals surface area contributed by atoms with Crippen LogP contribution in [0.5, 0.6) is 0 Å². The normalized spacial score (nSPS) is 17.0. The predicted molar refractivity (Wildman–Crippen MR) is 96.5 cm³/mol. The zero-order valence-corrected chi connectivity index (χ0v) is 14.6. The van der Waals surface area contributed by atoms with Crippen molar-refractivity contribution < 1.29 is 18.7 Å². The van der Waals surface area contributed by atoms with Gasteiger partial charge in [-0.1, -0.05) is 18.2 Å². The number of amides is 2. The van der Waals surface area contributed by atoms with Crippen LogP contribution in [0.2, 0.25) is 0 Å². The van der Waals surface area contributed by atoms with Crippen LogP contribution in [-0.4, -0.2) is 42.5 Å². The van der Waals surface area contributed by atoms with Crippen LogP contribution in [0.3, 0.4) is 0 Å². The van der Waals surface area contributed by atoms with Crippen molar-refractivity contribution in [2.75, 3.05) is 25.1 Å². The van der Waals surface area contributed by atoms with Crippen LogP contribution < -0.4 is 5.32 Å². The van der Waals surface area contributed by atoms with Crippen molar-refractivity contribution >= 4 is 17.5 Å². The molecule has 1 atom stereocenters. The topological polar surface area (TPSA) is 58.6 Å². The van der Waals surface area contributed by atoms with Gasteiger partial charge in [0, 0.05) is 17.8 Å². The Morgan fingerprint density at radius 3 is 2.81 bits per heavy atom. The highest BCUT2D eigenvalue weighted by Crippen LogP contribution is 2.16. The van der Waals surface area contributed by atoms with E-state index in [4.69, 9.17) is 4.74 Å². The van der Waals surface area contributed by atoms with Gasteiger partial charge in [0.15, 0.2) is 0 Å². The van der Waals surface area contributed by atoms with Gasteiger partial charge in [0.1, 0.15) is 5.82 Å². The Bertz CT molecular complexity index is 809. The molecule has 1 aliphatic heterocycles. The van der Waals surface area contributed by atoms with Gasteiger partial charge in [0.2, 0.25) is 5.91 Å². The Balaban J connectivity index is 1.67. The van der Waals surface area contributed by atoms with E-state index in [9.17, 15) is 14.0 Å². The van der Waals surface area contributed by atoms with Crippen molar-refractivity contribution in [2.24, 2.45) is 0 Å². The highest BCUT2D eigenvalue weighted by molar-refractivity contribution is 5.97. The molecule has 1 heterocycles. The van der Waals surface area contributed by atoms with E-state index in [2.05, 4.69) is 5.32 Å². The molecule has 0 aliphatic carbocycles. The van der Waals surface area contributed by atoms with Crippen molar-refractivity contribution in [3.8, 4) is 0 Å². The zero-order valence-electron chi connectivity index (χ0n) is 14.6. The SMILES string of the molecule is CC1COCCN1C(=O)c1cccc(NC(=O)Cc2cccc(F)c2)c1. The number of anilines is 1. The summed E-state index contributed by atoms with van der Waals surface area (Å²) >= 11 is 0. The maximum absolute atomic E-state index is 13.2. The second-order valence-electron chi connectivity index (χ2n) is 6.36. The smallest absolute Gasteiger partial charge is 0.254 e. The summed E-state index contributed by atoms with van der Waals surface area (Å²) in [6.07, 6.45) is 0.0659. The van der Waals surface area contributed by atoms with Crippen LogP contribution in [0.15, 0.2) is 48.5 Å². The average Bonchev–Trinajstić information content (AvgIpc) is 2.61. The highest BCUT2D eigenvalue weighted by Gasteiger charge is 2.24. The molecule has 3 rings (SSSR count). The summed E-state index contributed by atoms with van der Waals surface area (Å²) < 4.78 is 18.6. The molecule has 1 fully saturated rings. The second-order valence-corrected chi connectivity index (χ2v) is 6.36. The lowest BCUT2D eigenvalue weighted by molar-refractivity contribution is -0.115. The van der Waals surface area contributed by atoms with E-state index in [1.165, 1.54) is 12.1 Å². The number of halogens is 1. The van der Waals surface area contributed by atoms with E-state index < -0.39 is 0 Å². The number of ether oxygens (including phenoxy) is 1. The maximum Gasteiger partial charge on any atom is 0.254 e. The van der Waals surface area contributed by atoms with Gasteiger partial charge in [-0.3, -0.25) is 9.59 Å². The largest absolute Gasteiger partial charge is 0.377 e. The minimum atomic E-state index is -0.373. The fourth-order valence-corrected chi connectivity index (χ4v) is 2.96. The van der Waals surface area contributed by atoms with Gasteiger partial charge >= 0.3 is 0 Å². The minimum Gasteiger partial charge on any atom is -0.377 e. The molecule has 136 valence electrons. The molecule has 26 heavy (non-hydrogen) atoms. The molecule has 0 aromatic heterocycles. The maximum atomic E-state index is 13.2. The standard InChI is InChI=1S/C20H21FN2O3/c1-14-13-26-9-8-23(14)20(25)16-5-3-7-18(12-16)22-19(24)11-15-4-2-6-17(21)10-15/h2-7,10,12,14H,8-9,11,13H2,1H3,(H,22,24). The third-order valence-corrected chi connectivity index (χ3v) is 4.28. The molecule has 0 saturated carbocycles. The van der Waals surface area contributed by atoms with Crippen LogP contribution in [0.4, 0.5) is 10.1 Å². The summed E-state index contributed by atoms with van der Waals surface area (Å²) in [6, 6.07) is 12.8. The first kappa shape index (κ1) is 18.1. The number of hydrogen-bond donors (Lipinski definition) is 1. The molecule has 0 radical (unpaired) electrons. The molecule has 1 saturated heterocycles. The number of hydrogen-bond acceptors (Lipinski definition) is 3. The second kappa shape index (κ2) is 8.10. The first-order chi connectivity index (χ1) is 12.5. The first-order valence-corrected chi connectivity index (χ1v) is 8.56. The van der Waals surface area contributed by atoms with Gasteiger partial charge in [0.25, 0.3) is 5.91 Å². The van der Waals surface area contributed by atoms with E-state index in [1.54, 1.807) is 41.3 Å². The van der Waals surface area contributed by atoms with Crippen molar-refractivity contribution in [3.63, 3.8) is 0 Å². The van der Waals surface area contributed by atoms with E-state index >= 15 is 0 Å². The predicted octanol–water partition coefficient (Wildman–Crippen LogP) is 2.87. The van der Waals surface area contributed by atoms with Crippen LogP contribution in [0.25, 0.3) is 0 Å².